The van der Waals surface area contributed by atoms with Crippen molar-refractivity contribution in [1.82, 2.24) is 15.1 Å². The summed E-state index contributed by atoms with van der Waals surface area (Å²) in [5.74, 6) is -1.11. The molecule has 4 N–H and O–H groups in total. The molecule has 1 heterocycles. The number of ether oxygens (including phenoxy) is 1. The van der Waals surface area contributed by atoms with Crippen molar-refractivity contribution in [1.29, 1.82) is 0 Å². The number of aromatic nitrogens is 2. The van der Waals surface area contributed by atoms with Gasteiger partial charge in [-0.1, -0.05) is 0 Å². The second kappa shape index (κ2) is 14.2. The van der Waals surface area contributed by atoms with Gasteiger partial charge in [0.1, 0.15) is 17.1 Å². The Labute approximate surface area is 210 Å². The number of unbranched alkanes of at least 4 members (excludes halogenated alkanes) is 1. The van der Waals surface area contributed by atoms with Crippen molar-refractivity contribution >= 4 is 52.6 Å². The molecule has 194 valence electrons. The van der Waals surface area contributed by atoms with Crippen LogP contribution in [0.5, 0.6) is 0 Å². The summed E-state index contributed by atoms with van der Waals surface area (Å²) in [5.41, 5.74) is 5.81. The predicted octanol–water partition coefficient (Wildman–Crippen LogP) is 2.99. The quantitative estimate of drug-likeness (QED) is 0.275. The highest BCUT2D eigenvalue weighted by Gasteiger charge is 2.20. The summed E-state index contributed by atoms with van der Waals surface area (Å²) >= 11 is 0. The van der Waals surface area contributed by atoms with Gasteiger partial charge >= 0.3 is 6.09 Å². The summed E-state index contributed by atoms with van der Waals surface area (Å²) in [5, 5.41) is 9.68. The summed E-state index contributed by atoms with van der Waals surface area (Å²) in [6.07, 6.45) is 2.99. The maximum atomic E-state index is 13.2. The number of nitrogens with one attached hydrogen (secondary N) is 2. The van der Waals surface area contributed by atoms with Gasteiger partial charge in [-0.2, -0.15) is 5.10 Å². The van der Waals surface area contributed by atoms with E-state index in [2.05, 4.69) is 34.0 Å². The van der Waals surface area contributed by atoms with Gasteiger partial charge in [-0.05, 0) is 69.8 Å². The molecule has 2 atom stereocenters. The van der Waals surface area contributed by atoms with E-state index in [1.807, 2.05) is 27.7 Å². The molecule has 0 aliphatic heterocycles. The first-order chi connectivity index (χ1) is 16.3. The molecule has 0 fully saturated rings. The summed E-state index contributed by atoms with van der Waals surface area (Å²) in [6, 6.07) is 2.49. The number of ketones is 1. The lowest BCUT2D eigenvalue weighted by molar-refractivity contribution is 0.0257. The number of carbonyl (C=O) groups excluding carboxylic acids is 3. The average molecular weight is 528 g/mol. The van der Waals surface area contributed by atoms with E-state index in [1.165, 1.54) is 25.3 Å². The van der Waals surface area contributed by atoms with E-state index in [4.69, 9.17) is 10.5 Å². The van der Waals surface area contributed by atoms with E-state index in [0.717, 1.165) is 19.4 Å². The molecule has 35 heavy (non-hydrogen) atoms. The Balaban J connectivity index is 0.000000367. The lowest BCUT2D eigenvalue weighted by Gasteiger charge is -2.26. The number of nitrogens with two attached hydrogens (primary N) is 1. The first-order valence-electron chi connectivity index (χ1n) is 11.2. The van der Waals surface area contributed by atoms with Gasteiger partial charge in [-0.25, -0.2) is 9.18 Å². The second-order valence-corrected chi connectivity index (χ2v) is 9.93. The lowest BCUT2D eigenvalue weighted by atomic mass is 10.2. The van der Waals surface area contributed by atoms with E-state index < -0.39 is 17.3 Å². The van der Waals surface area contributed by atoms with E-state index >= 15 is 0 Å². The van der Waals surface area contributed by atoms with Crippen molar-refractivity contribution in [3.63, 3.8) is 0 Å². The highest BCUT2D eigenvalue weighted by atomic mass is 31.0. The Bertz CT molecular complexity index is 1000. The number of nitrogens with zero attached hydrogens (tertiary/aromatic N) is 2. The average Bonchev–Trinajstić information content (AvgIpc) is 3.18. The largest absolute Gasteiger partial charge is 0.444 e. The van der Waals surface area contributed by atoms with Gasteiger partial charge in [0, 0.05) is 20.0 Å². The Hall–Kier alpha value is -2.41. The Morgan fingerprint density at radius 3 is 2.29 bits per heavy atom. The predicted molar refractivity (Wildman–Crippen MR) is 143 cm³/mol. The maximum absolute atomic E-state index is 13.2. The number of Topliss-reactive ketones (excluding diaryl/α,β-unsaturated/α-hetero) is 1. The van der Waals surface area contributed by atoms with E-state index in [1.54, 1.807) is 4.90 Å². The zero-order chi connectivity index (χ0) is 26.8. The minimum atomic E-state index is -0.441. The number of benzene rings is 1. The molecule has 0 spiro atoms. The van der Waals surface area contributed by atoms with Crippen molar-refractivity contribution in [2.24, 2.45) is 5.73 Å². The number of H-pyrrole nitrogens is 1. The molecule has 0 bridgehead atoms. The van der Waals surface area contributed by atoms with Gasteiger partial charge in [0.15, 0.2) is 5.78 Å². The third kappa shape index (κ3) is 10.4. The van der Waals surface area contributed by atoms with E-state index in [-0.39, 0.29) is 17.6 Å². The van der Waals surface area contributed by atoms with Crippen LogP contribution in [0.4, 0.5) is 14.9 Å². The maximum Gasteiger partial charge on any atom is 0.410 e. The number of halogens is 1. The Kier molecular flexibility index (Phi) is 12.4. The summed E-state index contributed by atoms with van der Waals surface area (Å²) in [6.45, 7) is 11.0. The van der Waals surface area contributed by atoms with Crippen LogP contribution < -0.4 is 21.7 Å². The molecule has 2 amide bonds. The number of anilines is 1. The van der Waals surface area contributed by atoms with Gasteiger partial charge in [0.25, 0.3) is 5.91 Å². The fourth-order valence-corrected chi connectivity index (χ4v) is 3.98. The van der Waals surface area contributed by atoms with Crippen molar-refractivity contribution < 1.29 is 23.5 Å². The molecule has 1 aromatic carbocycles. The number of carbonyl (C=O) groups is 3. The molecular weight excluding hydrogens is 491 g/mol. The third-order valence-electron chi connectivity index (χ3n) is 4.55. The van der Waals surface area contributed by atoms with Gasteiger partial charge < -0.3 is 20.7 Å². The number of hydrogen-bond acceptors (Lipinski definition) is 6. The molecule has 12 heteroatoms. The minimum absolute atomic E-state index is 0.219. The molecule has 0 radical (unpaired) electrons. The van der Waals surface area contributed by atoms with E-state index in [0.29, 0.717) is 34.9 Å². The molecule has 0 saturated carbocycles. The fourth-order valence-electron chi connectivity index (χ4n) is 2.90. The van der Waals surface area contributed by atoms with Crippen LogP contribution in [0, 0.1) is 5.82 Å². The van der Waals surface area contributed by atoms with Crippen LogP contribution >= 0.6 is 18.5 Å². The molecular formula is C23H36FN5O4P2. The van der Waals surface area contributed by atoms with Crippen molar-refractivity contribution in [2.75, 3.05) is 25.0 Å². The zero-order valence-corrected chi connectivity index (χ0v) is 23.2. The second-order valence-electron chi connectivity index (χ2n) is 8.68. The van der Waals surface area contributed by atoms with Crippen molar-refractivity contribution in [3.05, 3.63) is 35.4 Å². The van der Waals surface area contributed by atoms with Crippen LogP contribution in [0.1, 0.15) is 68.3 Å². The normalized spacial score (nSPS) is 10.8. The van der Waals surface area contributed by atoms with Crippen molar-refractivity contribution in [3.8, 4) is 0 Å². The molecule has 0 saturated heterocycles. The van der Waals surface area contributed by atoms with Crippen molar-refractivity contribution in [2.45, 2.75) is 53.1 Å². The topological polar surface area (TPSA) is 130 Å². The summed E-state index contributed by atoms with van der Waals surface area (Å²) in [4.78, 5) is 36.9. The molecule has 1 aromatic heterocycles. The number of aromatic amines is 1. The van der Waals surface area contributed by atoms with Crippen LogP contribution in [0.2, 0.25) is 0 Å². The SMILES string of the molecule is CC(=O)c1[nH]ncc1NC(=O)c1c(P)cc(F)cc1P.CCN(CCCCN)C(=O)OC(C)(C)C. The molecule has 2 aromatic rings. The first-order valence-corrected chi connectivity index (χ1v) is 12.3. The molecule has 2 unspecified atom stereocenters. The Morgan fingerprint density at radius 2 is 1.80 bits per heavy atom. The number of hydrogen-bond donors (Lipinski definition) is 3. The number of amides is 2. The summed E-state index contributed by atoms with van der Waals surface area (Å²) in [7, 11) is 4.62. The first kappa shape index (κ1) is 30.6. The minimum Gasteiger partial charge on any atom is -0.444 e. The summed E-state index contributed by atoms with van der Waals surface area (Å²) < 4.78 is 18.5. The molecule has 0 aliphatic carbocycles. The zero-order valence-electron chi connectivity index (χ0n) is 20.9. The molecule has 9 nitrogen and oxygen atoms in total. The number of rotatable bonds is 8. The monoisotopic (exact) mass is 527 g/mol. The molecule has 2 rings (SSSR count). The third-order valence-corrected chi connectivity index (χ3v) is 5.46. The highest BCUT2D eigenvalue weighted by Crippen LogP contribution is 2.15. The smallest absolute Gasteiger partial charge is 0.410 e. The fraction of sp³-hybridized carbons (Fsp3) is 0.478. The van der Waals surface area contributed by atoms with Gasteiger partial charge in [-0.3, -0.25) is 14.7 Å². The van der Waals surface area contributed by atoms with Gasteiger partial charge in [0.05, 0.1) is 17.4 Å². The van der Waals surface area contributed by atoms with Gasteiger partial charge in [0.2, 0.25) is 0 Å². The van der Waals surface area contributed by atoms with Gasteiger partial charge in [-0.15, -0.1) is 18.5 Å². The highest BCUT2D eigenvalue weighted by molar-refractivity contribution is 7.30. The van der Waals surface area contributed by atoms with Crippen LogP contribution in [0.15, 0.2) is 18.3 Å². The standard InChI is InChI=1S/C12H12FN3O2P2.C11H24N2O2/c1-5(17)11-7(4-14-16-11)15-12(18)10-8(19)2-6(13)3-9(10)20;1-5-13(9-7-6-8-12)10(14)15-11(2,3)4/h2-4H,19-20H2,1H3,(H,14,16)(H,15,18);5-9,12H2,1-4H3. The van der Waals surface area contributed by atoms with E-state index in [9.17, 15) is 18.8 Å². The van der Waals surface area contributed by atoms with Crippen LogP contribution in [-0.4, -0.2) is 58.1 Å². The van der Waals surface area contributed by atoms with Crippen LogP contribution in [0.25, 0.3) is 0 Å². The van der Waals surface area contributed by atoms with Crippen LogP contribution in [-0.2, 0) is 4.74 Å². The molecule has 0 aliphatic rings. The van der Waals surface area contributed by atoms with Crippen LogP contribution in [0.3, 0.4) is 0 Å². The Morgan fingerprint density at radius 1 is 1.20 bits per heavy atom. The lowest BCUT2D eigenvalue weighted by Crippen LogP contribution is -2.37.